The number of hydrogen-bond acceptors (Lipinski definition) is 4. The average molecular weight is 266 g/mol. The molecule has 0 bridgehead atoms. The Morgan fingerprint density at radius 3 is 3.11 bits per heavy atom. The van der Waals surface area contributed by atoms with Gasteiger partial charge in [-0.25, -0.2) is 4.98 Å². The summed E-state index contributed by atoms with van der Waals surface area (Å²) in [5, 5.41) is 7.06. The number of nitrogens with zero attached hydrogens (tertiary/aromatic N) is 1. The fraction of sp³-hybridized carbons (Fsp3) is 0.786. The summed E-state index contributed by atoms with van der Waals surface area (Å²) in [7, 11) is 0. The van der Waals surface area contributed by atoms with Crippen molar-refractivity contribution in [3.8, 4) is 0 Å². The Kier molecular flexibility index (Phi) is 3.20. The maximum absolute atomic E-state index is 5.81. The topological polar surface area (TPSA) is 34.2 Å². The van der Waals surface area contributed by atoms with Crippen LogP contribution in [0.1, 0.15) is 31.0 Å². The minimum absolute atomic E-state index is 0.291. The molecule has 100 valence electrons. The first kappa shape index (κ1) is 12.6. The average Bonchev–Trinajstić information content (AvgIpc) is 2.92. The summed E-state index contributed by atoms with van der Waals surface area (Å²) in [6.07, 6.45) is 2.74. The summed E-state index contributed by atoms with van der Waals surface area (Å²) in [6.45, 7) is 8.69. The van der Waals surface area contributed by atoms with E-state index in [4.69, 9.17) is 4.74 Å². The van der Waals surface area contributed by atoms with Gasteiger partial charge >= 0.3 is 0 Å². The van der Waals surface area contributed by atoms with Crippen LogP contribution in [-0.2, 0) is 11.2 Å². The van der Waals surface area contributed by atoms with Gasteiger partial charge in [-0.3, -0.25) is 0 Å². The van der Waals surface area contributed by atoms with Gasteiger partial charge in [-0.1, -0.05) is 13.8 Å². The molecule has 18 heavy (non-hydrogen) atoms. The van der Waals surface area contributed by atoms with Crippen molar-refractivity contribution in [2.45, 2.75) is 45.8 Å². The van der Waals surface area contributed by atoms with Gasteiger partial charge in [0.25, 0.3) is 0 Å². The third-order valence-corrected chi connectivity index (χ3v) is 5.33. The second-order valence-corrected chi connectivity index (χ2v) is 7.17. The van der Waals surface area contributed by atoms with Crippen LogP contribution in [0.25, 0.3) is 0 Å². The molecule has 1 aliphatic carbocycles. The highest BCUT2D eigenvalue weighted by Crippen LogP contribution is 2.51. The standard InChI is InChI=1S/C14H22N2OS/c1-9-16-10(8-18-9)4-6-15-12-11-5-7-17-13(11)14(12,2)3/h8,11-13,15H,4-7H2,1-3H3. The van der Waals surface area contributed by atoms with E-state index in [0.29, 0.717) is 17.6 Å². The molecular formula is C14H22N2OS. The summed E-state index contributed by atoms with van der Waals surface area (Å²) in [6, 6.07) is 0.615. The van der Waals surface area contributed by atoms with Crippen LogP contribution in [0.3, 0.4) is 0 Å². The number of aryl methyl sites for hydroxylation is 1. The molecule has 2 fully saturated rings. The predicted octanol–water partition coefficient (Wildman–Crippen LogP) is 2.40. The second-order valence-electron chi connectivity index (χ2n) is 6.10. The Morgan fingerprint density at radius 2 is 2.39 bits per heavy atom. The number of nitrogens with one attached hydrogen (secondary N) is 1. The van der Waals surface area contributed by atoms with Gasteiger partial charge in [-0.05, 0) is 13.3 Å². The van der Waals surface area contributed by atoms with Crippen LogP contribution in [0.15, 0.2) is 5.38 Å². The lowest BCUT2D eigenvalue weighted by atomic mass is 9.57. The molecule has 1 N–H and O–H groups in total. The minimum atomic E-state index is 0.291. The number of hydrogen-bond donors (Lipinski definition) is 1. The predicted molar refractivity (Wildman–Crippen MR) is 74.0 cm³/mol. The first-order chi connectivity index (χ1) is 8.59. The van der Waals surface area contributed by atoms with Crippen LogP contribution < -0.4 is 5.32 Å². The first-order valence-electron chi connectivity index (χ1n) is 6.85. The molecule has 3 nitrogen and oxygen atoms in total. The summed E-state index contributed by atoms with van der Waals surface area (Å²) >= 11 is 1.74. The van der Waals surface area contributed by atoms with Crippen molar-refractivity contribution in [1.82, 2.24) is 10.3 Å². The summed E-state index contributed by atoms with van der Waals surface area (Å²) in [5.74, 6) is 0.733. The molecule has 0 radical (unpaired) electrons. The van der Waals surface area contributed by atoms with E-state index in [2.05, 4.69) is 36.5 Å². The Morgan fingerprint density at radius 1 is 1.56 bits per heavy atom. The summed E-state index contributed by atoms with van der Waals surface area (Å²) < 4.78 is 5.81. The fourth-order valence-electron chi connectivity index (χ4n) is 3.62. The molecule has 2 heterocycles. The van der Waals surface area contributed by atoms with E-state index in [-0.39, 0.29) is 0 Å². The molecule has 2 aliphatic rings. The summed E-state index contributed by atoms with van der Waals surface area (Å²) in [5.41, 5.74) is 1.51. The van der Waals surface area contributed by atoms with Gasteiger partial charge in [-0.2, -0.15) is 0 Å². The number of ether oxygens (including phenoxy) is 1. The van der Waals surface area contributed by atoms with Crippen molar-refractivity contribution in [3.05, 3.63) is 16.1 Å². The summed E-state index contributed by atoms with van der Waals surface area (Å²) in [4.78, 5) is 4.51. The van der Waals surface area contributed by atoms with Crippen LogP contribution >= 0.6 is 11.3 Å². The van der Waals surface area contributed by atoms with E-state index < -0.39 is 0 Å². The van der Waals surface area contributed by atoms with E-state index in [9.17, 15) is 0 Å². The molecule has 0 amide bonds. The molecule has 0 aromatic carbocycles. The highest BCUT2D eigenvalue weighted by molar-refractivity contribution is 7.09. The maximum Gasteiger partial charge on any atom is 0.0897 e. The molecule has 1 saturated heterocycles. The van der Waals surface area contributed by atoms with Gasteiger partial charge < -0.3 is 10.1 Å². The molecule has 3 atom stereocenters. The highest BCUT2D eigenvalue weighted by atomic mass is 32.1. The molecule has 1 aromatic rings. The Labute approximate surface area is 113 Å². The van der Waals surface area contributed by atoms with Crippen molar-refractivity contribution in [2.24, 2.45) is 11.3 Å². The first-order valence-corrected chi connectivity index (χ1v) is 7.73. The van der Waals surface area contributed by atoms with Gasteiger partial charge in [0.05, 0.1) is 16.8 Å². The molecule has 3 rings (SSSR count). The largest absolute Gasteiger partial charge is 0.377 e. The Bertz CT molecular complexity index is 429. The molecule has 1 saturated carbocycles. The SMILES string of the molecule is Cc1nc(CCNC2C3CCOC3C2(C)C)cs1. The number of thiazole rings is 1. The molecule has 3 unspecified atom stereocenters. The molecule has 1 aromatic heterocycles. The lowest BCUT2D eigenvalue weighted by Crippen LogP contribution is -2.66. The van der Waals surface area contributed by atoms with E-state index in [1.807, 2.05) is 0 Å². The van der Waals surface area contributed by atoms with E-state index >= 15 is 0 Å². The van der Waals surface area contributed by atoms with Crippen molar-refractivity contribution in [3.63, 3.8) is 0 Å². The van der Waals surface area contributed by atoms with Crippen LogP contribution in [0, 0.1) is 18.3 Å². The molecule has 0 spiro atoms. The minimum Gasteiger partial charge on any atom is -0.377 e. The second kappa shape index (κ2) is 4.58. The van der Waals surface area contributed by atoms with Crippen LogP contribution in [-0.4, -0.2) is 30.3 Å². The quantitative estimate of drug-likeness (QED) is 0.908. The smallest absolute Gasteiger partial charge is 0.0897 e. The van der Waals surface area contributed by atoms with Gasteiger partial charge in [0.2, 0.25) is 0 Å². The van der Waals surface area contributed by atoms with Gasteiger partial charge in [0, 0.05) is 42.3 Å². The van der Waals surface area contributed by atoms with Crippen molar-refractivity contribution >= 4 is 11.3 Å². The van der Waals surface area contributed by atoms with Crippen molar-refractivity contribution < 1.29 is 4.74 Å². The fourth-order valence-corrected chi connectivity index (χ4v) is 4.26. The number of fused-ring (bicyclic) bond motifs is 1. The lowest BCUT2D eigenvalue weighted by Gasteiger charge is -2.55. The van der Waals surface area contributed by atoms with Crippen molar-refractivity contribution in [1.29, 1.82) is 0 Å². The zero-order valence-electron chi connectivity index (χ0n) is 11.4. The third kappa shape index (κ3) is 2.00. The van der Waals surface area contributed by atoms with Crippen LogP contribution in [0.2, 0.25) is 0 Å². The monoisotopic (exact) mass is 266 g/mol. The van der Waals surface area contributed by atoms with Gasteiger partial charge in [0.1, 0.15) is 0 Å². The van der Waals surface area contributed by atoms with Gasteiger partial charge in [0.15, 0.2) is 0 Å². The number of rotatable bonds is 4. The van der Waals surface area contributed by atoms with Crippen LogP contribution in [0.5, 0.6) is 0 Å². The van der Waals surface area contributed by atoms with E-state index in [1.54, 1.807) is 11.3 Å². The van der Waals surface area contributed by atoms with Gasteiger partial charge in [-0.15, -0.1) is 11.3 Å². The Hall–Kier alpha value is -0.450. The zero-order valence-corrected chi connectivity index (χ0v) is 12.2. The molecule has 1 aliphatic heterocycles. The Balaban J connectivity index is 1.51. The highest BCUT2D eigenvalue weighted by Gasteiger charge is 2.58. The molecular weight excluding hydrogens is 244 g/mol. The zero-order chi connectivity index (χ0) is 12.8. The van der Waals surface area contributed by atoms with Crippen molar-refractivity contribution in [2.75, 3.05) is 13.2 Å². The third-order valence-electron chi connectivity index (χ3n) is 4.51. The van der Waals surface area contributed by atoms with Crippen LogP contribution in [0.4, 0.5) is 0 Å². The maximum atomic E-state index is 5.81. The van der Waals surface area contributed by atoms with E-state index in [0.717, 1.165) is 25.5 Å². The normalized spacial score (nSPS) is 33.2. The van der Waals surface area contributed by atoms with E-state index in [1.165, 1.54) is 17.1 Å². The lowest BCUT2D eigenvalue weighted by molar-refractivity contribution is -0.112. The molecule has 4 heteroatoms. The number of aromatic nitrogens is 1.